The van der Waals surface area contributed by atoms with E-state index >= 15 is 0 Å². The maximum atomic E-state index is 6.68. The number of hydrogen-bond acceptors (Lipinski definition) is 6. The van der Waals surface area contributed by atoms with E-state index in [1.165, 1.54) is 6.33 Å². The molecular weight excluding hydrogens is 411 g/mol. The first-order chi connectivity index (χ1) is 14.2. The largest absolute Gasteiger partial charge is 0.378 e. The summed E-state index contributed by atoms with van der Waals surface area (Å²) in [5.74, 6) is 0.838. The fourth-order valence-corrected chi connectivity index (χ4v) is 4.14. The van der Waals surface area contributed by atoms with Crippen LogP contribution in [0.1, 0.15) is 0 Å². The van der Waals surface area contributed by atoms with Crippen molar-refractivity contribution in [3.63, 3.8) is 0 Å². The van der Waals surface area contributed by atoms with Crippen LogP contribution in [0.15, 0.2) is 54.0 Å². The number of hydrogen-bond donors (Lipinski definition) is 0. The van der Waals surface area contributed by atoms with E-state index in [1.54, 1.807) is 11.0 Å². The highest BCUT2D eigenvalue weighted by Crippen LogP contribution is 2.32. The number of aromatic nitrogens is 3. The van der Waals surface area contributed by atoms with Gasteiger partial charge in [-0.05, 0) is 36.4 Å². The quantitative estimate of drug-likeness (QED) is 0.639. The number of rotatable bonds is 3. The smallest absolute Gasteiger partial charge is 0.147 e. The van der Waals surface area contributed by atoms with Gasteiger partial charge in [-0.2, -0.15) is 5.10 Å². The molecule has 29 heavy (non-hydrogen) atoms. The number of nitrogens with zero attached hydrogens (tertiary/aromatic N) is 6. The Balaban J connectivity index is 1.61. The molecule has 0 saturated carbocycles. The van der Waals surface area contributed by atoms with E-state index in [0.717, 1.165) is 40.9 Å². The number of ether oxygens (including phenoxy) is 1. The van der Waals surface area contributed by atoms with Crippen LogP contribution in [0.5, 0.6) is 0 Å². The summed E-state index contributed by atoms with van der Waals surface area (Å²) in [7, 11) is 0. The van der Waals surface area contributed by atoms with Gasteiger partial charge in [0.05, 0.1) is 29.3 Å². The van der Waals surface area contributed by atoms with Gasteiger partial charge in [0.1, 0.15) is 25.1 Å². The second kappa shape index (κ2) is 7.67. The van der Waals surface area contributed by atoms with Crippen molar-refractivity contribution in [3.05, 3.63) is 69.7 Å². The monoisotopic (exact) mass is 428 g/mol. The highest BCUT2D eigenvalue weighted by molar-refractivity contribution is 6.33. The SMILES string of the molecule is Clc1ccc2c(c1)=C(n1cncn1)N(c1ccc(N3CCOCC3)c(Cl)c1)CN=2. The Morgan fingerprint density at radius 1 is 1.00 bits per heavy atom. The van der Waals surface area contributed by atoms with Crippen LogP contribution in [0.25, 0.3) is 5.82 Å². The molecule has 9 heteroatoms. The molecule has 5 rings (SSSR count). The first-order valence-electron chi connectivity index (χ1n) is 9.30. The molecule has 0 radical (unpaired) electrons. The molecule has 0 bridgehead atoms. The normalized spacial score (nSPS) is 16.6. The first kappa shape index (κ1) is 18.4. The van der Waals surface area contributed by atoms with Gasteiger partial charge in [0.2, 0.25) is 0 Å². The number of fused-ring (bicyclic) bond motifs is 1. The van der Waals surface area contributed by atoms with Crippen molar-refractivity contribution in [1.29, 1.82) is 0 Å². The summed E-state index contributed by atoms with van der Waals surface area (Å²) in [4.78, 5) is 13.1. The zero-order valence-electron chi connectivity index (χ0n) is 15.5. The zero-order chi connectivity index (χ0) is 19.8. The summed E-state index contributed by atoms with van der Waals surface area (Å²) in [5.41, 5.74) is 1.94. The fourth-order valence-electron chi connectivity index (χ4n) is 3.68. The van der Waals surface area contributed by atoms with Crippen LogP contribution in [-0.4, -0.2) is 47.7 Å². The molecule has 0 amide bonds. The van der Waals surface area contributed by atoms with Gasteiger partial charge < -0.3 is 14.5 Å². The van der Waals surface area contributed by atoms with Crippen LogP contribution in [0.4, 0.5) is 11.4 Å². The van der Waals surface area contributed by atoms with Crippen LogP contribution < -0.4 is 20.4 Å². The average Bonchev–Trinajstić information content (AvgIpc) is 3.28. The van der Waals surface area contributed by atoms with Crippen molar-refractivity contribution < 1.29 is 4.74 Å². The molecule has 0 unspecified atom stereocenters. The standard InChI is InChI=1S/C20H18Cl2N6O/c21-14-1-3-18-16(9-14)20(28-12-23-11-25-28)27(13-24-18)15-2-4-19(17(22)10-15)26-5-7-29-8-6-26/h1-4,9-12H,5-8,13H2. The van der Waals surface area contributed by atoms with E-state index in [0.29, 0.717) is 29.9 Å². The first-order valence-corrected chi connectivity index (χ1v) is 10.1. The molecule has 3 heterocycles. The molecule has 2 aliphatic heterocycles. The van der Waals surface area contributed by atoms with Crippen LogP contribution in [0.3, 0.4) is 0 Å². The minimum atomic E-state index is 0.442. The molecule has 0 spiro atoms. The van der Waals surface area contributed by atoms with Gasteiger partial charge in [0.15, 0.2) is 0 Å². The van der Waals surface area contributed by atoms with Crippen LogP contribution in [-0.2, 0) is 4.74 Å². The van der Waals surface area contributed by atoms with Gasteiger partial charge >= 0.3 is 0 Å². The van der Waals surface area contributed by atoms with E-state index in [9.17, 15) is 0 Å². The lowest BCUT2D eigenvalue weighted by Crippen LogP contribution is -2.43. The third-order valence-corrected chi connectivity index (χ3v) is 5.61. The van der Waals surface area contributed by atoms with Crippen molar-refractivity contribution in [2.24, 2.45) is 4.99 Å². The summed E-state index contributed by atoms with van der Waals surface area (Å²) in [6, 6.07) is 11.7. The lowest BCUT2D eigenvalue weighted by Gasteiger charge is -2.31. The Hall–Kier alpha value is -2.61. The summed E-state index contributed by atoms with van der Waals surface area (Å²) >= 11 is 12.9. The van der Waals surface area contributed by atoms with Crippen LogP contribution >= 0.6 is 23.2 Å². The Morgan fingerprint density at radius 3 is 2.62 bits per heavy atom. The third kappa shape index (κ3) is 3.46. The fraction of sp³-hybridized carbons (Fsp3) is 0.250. The topological polar surface area (TPSA) is 58.8 Å². The van der Waals surface area contributed by atoms with Gasteiger partial charge in [-0.25, -0.2) is 9.67 Å². The summed E-state index contributed by atoms with van der Waals surface area (Å²) < 4.78 is 7.17. The lowest BCUT2D eigenvalue weighted by atomic mass is 10.2. The number of morpholine rings is 1. The Morgan fingerprint density at radius 2 is 1.86 bits per heavy atom. The van der Waals surface area contributed by atoms with E-state index in [1.807, 2.05) is 24.3 Å². The van der Waals surface area contributed by atoms with Gasteiger partial charge in [-0.1, -0.05) is 23.2 Å². The molecule has 0 N–H and O–H groups in total. The van der Waals surface area contributed by atoms with Gasteiger partial charge in [0.25, 0.3) is 0 Å². The van der Waals surface area contributed by atoms with E-state index < -0.39 is 0 Å². The molecule has 3 aromatic rings. The number of halogens is 2. The molecule has 148 valence electrons. The second-order valence-electron chi connectivity index (χ2n) is 6.79. The minimum Gasteiger partial charge on any atom is -0.378 e. The maximum absolute atomic E-state index is 6.68. The van der Waals surface area contributed by atoms with E-state index in [4.69, 9.17) is 32.9 Å². The van der Waals surface area contributed by atoms with Crippen molar-refractivity contribution in [3.8, 4) is 0 Å². The summed E-state index contributed by atoms with van der Waals surface area (Å²) in [6.07, 6.45) is 3.18. The van der Waals surface area contributed by atoms with Crippen molar-refractivity contribution in [2.75, 3.05) is 42.8 Å². The third-order valence-electron chi connectivity index (χ3n) is 5.07. The maximum Gasteiger partial charge on any atom is 0.147 e. The minimum absolute atomic E-state index is 0.442. The molecule has 0 aliphatic carbocycles. The van der Waals surface area contributed by atoms with Gasteiger partial charge in [-0.15, -0.1) is 0 Å². The molecule has 0 atom stereocenters. The number of benzene rings is 2. The second-order valence-corrected chi connectivity index (χ2v) is 7.63. The molecular formula is C20H18Cl2N6O. The average molecular weight is 429 g/mol. The lowest BCUT2D eigenvalue weighted by molar-refractivity contribution is 0.122. The van der Waals surface area contributed by atoms with Crippen molar-refractivity contribution in [1.82, 2.24) is 14.8 Å². The Labute approximate surface area is 177 Å². The van der Waals surface area contributed by atoms with Crippen LogP contribution in [0, 0.1) is 0 Å². The van der Waals surface area contributed by atoms with E-state index in [-0.39, 0.29) is 0 Å². The summed E-state index contributed by atoms with van der Waals surface area (Å²) in [6.45, 7) is 3.54. The highest BCUT2D eigenvalue weighted by Gasteiger charge is 2.21. The molecule has 1 fully saturated rings. The molecule has 2 aromatic carbocycles. The summed E-state index contributed by atoms with van der Waals surface area (Å²) in [5, 5.41) is 7.44. The van der Waals surface area contributed by atoms with Crippen molar-refractivity contribution >= 4 is 40.4 Å². The molecule has 2 aliphatic rings. The van der Waals surface area contributed by atoms with Crippen LogP contribution in [0.2, 0.25) is 10.0 Å². The molecule has 7 nitrogen and oxygen atoms in total. The van der Waals surface area contributed by atoms with Gasteiger partial charge in [0, 0.05) is 29.0 Å². The Bertz CT molecular complexity index is 1160. The molecule has 1 aromatic heterocycles. The number of anilines is 2. The van der Waals surface area contributed by atoms with E-state index in [2.05, 4.69) is 32.0 Å². The highest BCUT2D eigenvalue weighted by atomic mass is 35.5. The zero-order valence-corrected chi connectivity index (χ0v) is 17.0. The molecule has 1 saturated heterocycles. The predicted molar refractivity (Wildman–Crippen MR) is 113 cm³/mol. The van der Waals surface area contributed by atoms with Gasteiger partial charge in [-0.3, -0.25) is 4.99 Å². The van der Waals surface area contributed by atoms with Crippen molar-refractivity contribution in [2.45, 2.75) is 0 Å². The Kier molecular flexibility index (Phi) is 4.87. The predicted octanol–water partition coefficient (Wildman–Crippen LogP) is 2.13.